The predicted molar refractivity (Wildman–Crippen MR) is 85.3 cm³/mol. The summed E-state index contributed by atoms with van der Waals surface area (Å²) >= 11 is 4.05. The van der Waals surface area contributed by atoms with Crippen molar-refractivity contribution in [2.75, 3.05) is 0 Å². The van der Waals surface area contributed by atoms with Crippen LogP contribution in [0.15, 0.2) is 14.7 Å². The first-order chi connectivity index (χ1) is 9.81. The number of sulfonamides is 1. The summed E-state index contributed by atoms with van der Waals surface area (Å²) in [4.78, 5) is 11.0. The van der Waals surface area contributed by atoms with Crippen molar-refractivity contribution in [2.45, 2.75) is 50.0 Å². The van der Waals surface area contributed by atoms with E-state index < -0.39 is 16.0 Å². The van der Waals surface area contributed by atoms with Crippen molar-refractivity contribution in [1.29, 1.82) is 0 Å². The first-order valence-corrected chi connectivity index (χ1v) is 9.95. The number of hydrogen-bond acceptors (Lipinski definition) is 4. The van der Waals surface area contributed by atoms with Gasteiger partial charge in [0.05, 0.1) is 3.79 Å². The third-order valence-corrected chi connectivity index (χ3v) is 7.65. The molecule has 0 bridgehead atoms. The average molecular weight is 396 g/mol. The lowest BCUT2D eigenvalue weighted by atomic mass is 9.85. The van der Waals surface area contributed by atoms with Crippen LogP contribution in [0.3, 0.4) is 0 Å². The Morgan fingerprint density at radius 1 is 1.43 bits per heavy atom. The zero-order valence-corrected chi connectivity index (χ0v) is 14.9. The highest BCUT2D eigenvalue weighted by Gasteiger charge is 2.28. The lowest BCUT2D eigenvalue weighted by Gasteiger charge is -2.28. The molecule has 0 aliphatic heterocycles. The van der Waals surface area contributed by atoms with Crippen LogP contribution in [0.1, 0.15) is 48.7 Å². The summed E-state index contributed by atoms with van der Waals surface area (Å²) in [6, 6.07) is 1.06. The number of thiophene rings is 1. The molecule has 1 atom stereocenters. The second-order valence-electron chi connectivity index (χ2n) is 5.36. The van der Waals surface area contributed by atoms with E-state index in [2.05, 4.69) is 20.7 Å². The summed E-state index contributed by atoms with van der Waals surface area (Å²) in [6.45, 7) is 1.88. The van der Waals surface area contributed by atoms with Gasteiger partial charge in [-0.3, -0.25) is 0 Å². The first kappa shape index (κ1) is 16.9. The van der Waals surface area contributed by atoms with Crippen LogP contribution in [-0.2, 0) is 10.0 Å². The zero-order chi connectivity index (χ0) is 15.6. The first-order valence-electron chi connectivity index (χ1n) is 6.86. The van der Waals surface area contributed by atoms with Gasteiger partial charge in [0.2, 0.25) is 10.0 Å². The molecule has 118 valence electrons. The van der Waals surface area contributed by atoms with E-state index in [4.69, 9.17) is 5.11 Å². The third-order valence-electron chi connectivity index (χ3n) is 3.85. The molecule has 1 aliphatic carbocycles. The molecule has 1 heterocycles. The molecule has 8 heteroatoms. The molecule has 1 fully saturated rings. The Balaban J connectivity index is 2.16. The smallest absolute Gasteiger partial charge is 0.345 e. The van der Waals surface area contributed by atoms with Gasteiger partial charge in [0, 0.05) is 6.04 Å². The number of nitrogens with one attached hydrogen (secondary N) is 1. The SMILES string of the molecule is C[C@@H](NS(=O)(=O)c1cc(C(=O)O)sc1Br)C1CCCCC1. The van der Waals surface area contributed by atoms with E-state index in [0.29, 0.717) is 9.70 Å². The van der Waals surface area contributed by atoms with Crippen molar-refractivity contribution >= 4 is 43.3 Å². The van der Waals surface area contributed by atoms with E-state index >= 15 is 0 Å². The van der Waals surface area contributed by atoms with E-state index in [0.717, 1.165) is 37.0 Å². The van der Waals surface area contributed by atoms with Gasteiger partial charge < -0.3 is 5.11 Å². The van der Waals surface area contributed by atoms with E-state index in [9.17, 15) is 13.2 Å². The minimum Gasteiger partial charge on any atom is -0.477 e. The van der Waals surface area contributed by atoms with E-state index in [-0.39, 0.29) is 15.8 Å². The Morgan fingerprint density at radius 3 is 2.57 bits per heavy atom. The highest BCUT2D eigenvalue weighted by Crippen LogP contribution is 2.33. The van der Waals surface area contributed by atoms with E-state index in [1.165, 1.54) is 12.5 Å². The summed E-state index contributed by atoms with van der Waals surface area (Å²) < 4.78 is 27.8. The number of carboxylic acid groups (broad SMARTS) is 1. The Bertz CT molecular complexity index is 620. The number of hydrogen-bond donors (Lipinski definition) is 2. The second-order valence-corrected chi connectivity index (χ2v) is 9.41. The molecule has 0 radical (unpaired) electrons. The lowest BCUT2D eigenvalue weighted by Crippen LogP contribution is -2.38. The molecule has 0 amide bonds. The van der Waals surface area contributed by atoms with Crippen LogP contribution < -0.4 is 4.72 Å². The monoisotopic (exact) mass is 395 g/mol. The van der Waals surface area contributed by atoms with Gasteiger partial charge in [0.25, 0.3) is 0 Å². The van der Waals surface area contributed by atoms with Crippen LogP contribution in [0, 0.1) is 5.92 Å². The molecule has 2 rings (SSSR count). The number of carboxylic acids is 1. The summed E-state index contributed by atoms with van der Waals surface area (Å²) in [6.07, 6.45) is 5.57. The molecule has 0 aromatic carbocycles. The molecule has 2 N–H and O–H groups in total. The van der Waals surface area contributed by atoms with Gasteiger partial charge in [-0.15, -0.1) is 11.3 Å². The molecular weight excluding hydrogens is 378 g/mol. The third kappa shape index (κ3) is 4.06. The Kier molecular flexibility index (Phi) is 5.45. The molecule has 0 spiro atoms. The molecule has 0 saturated heterocycles. The molecule has 21 heavy (non-hydrogen) atoms. The van der Waals surface area contributed by atoms with Crippen LogP contribution >= 0.6 is 27.3 Å². The van der Waals surface area contributed by atoms with Crippen LogP contribution in [0.2, 0.25) is 0 Å². The minimum atomic E-state index is -3.70. The fourth-order valence-electron chi connectivity index (χ4n) is 2.68. The molecule has 1 aliphatic rings. The molecule has 1 aromatic heterocycles. The minimum absolute atomic E-state index is 0.00700. The zero-order valence-electron chi connectivity index (χ0n) is 11.6. The van der Waals surface area contributed by atoms with E-state index in [1.807, 2.05) is 6.92 Å². The van der Waals surface area contributed by atoms with Gasteiger partial charge in [0.15, 0.2) is 0 Å². The van der Waals surface area contributed by atoms with Crippen molar-refractivity contribution < 1.29 is 18.3 Å². The topological polar surface area (TPSA) is 83.5 Å². The highest BCUT2D eigenvalue weighted by atomic mass is 79.9. The number of aromatic carboxylic acids is 1. The largest absolute Gasteiger partial charge is 0.477 e. The summed E-state index contributed by atoms with van der Waals surface area (Å²) in [5, 5.41) is 8.95. The highest BCUT2D eigenvalue weighted by molar-refractivity contribution is 9.11. The van der Waals surface area contributed by atoms with Gasteiger partial charge in [-0.05, 0) is 47.7 Å². The molecule has 0 unspecified atom stereocenters. The van der Waals surface area contributed by atoms with E-state index in [1.54, 1.807) is 0 Å². The fraction of sp³-hybridized carbons (Fsp3) is 0.615. The van der Waals surface area contributed by atoms with Crippen molar-refractivity contribution in [1.82, 2.24) is 4.72 Å². The molecule has 1 saturated carbocycles. The molecular formula is C13H18BrNO4S2. The fourth-order valence-corrected chi connectivity index (χ4v) is 6.39. The van der Waals surface area contributed by atoms with Gasteiger partial charge in [-0.1, -0.05) is 19.3 Å². The number of halogens is 1. The van der Waals surface area contributed by atoms with Crippen LogP contribution in [-0.4, -0.2) is 25.5 Å². The quantitative estimate of drug-likeness (QED) is 0.799. The van der Waals surface area contributed by atoms with Crippen molar-refractivity contribution in [2.24, 2.45) is 5.92 Å². The second kappa shape index (κ2) is 6.76. The molecule has 5 nitrogen and oxygen atoms in total. The standard InChI is InChI=1S/C13H18BrNO4S2/c1-8(9-5-3-2-4-6-9)15-21(18,19)11-7-10(13(16)17)20-12(11)14/h7-9,15H,2-6H2,1H3,(H,16,17)/t8-/m1/s1. The summed E-state index contributed by atoms with van der Waals surface area (Å²) in [5.41, 5.74) is 0. The van der Waals surface area contributed by atoms with Crippen LogP contribution in [0.4, 0.5) is 0 Å². The Morgan fingerprint density at radius 2 is 2.05 bits per heavy atom. The van der Waals surface area contributed by atoms with Gasteiger partial charge in [-0.2, -0.15) is 0 Å². The lowest BCUT2D eigenvalue weighted by molar-refractivity contribution is 0.0702. The summed E-state index contributed by atoms with van der Waals surface area (Å²) in [7, 11) is -3.70. The predicted octanol–water partition coefficient (Wildman–Crippen LogP) is 3.46. The van der Waals surface area contributed by atoms with Crippen molar-refractivity contribution in [3.63, 3.8) is 0 Å². The summed E-state index contributed by atoms with van der Waals surface area (Å²) in [5.74, 6) is -0.771. The maximum Gasteiger partial charge on any atom is 0.345 e. The van der Waals surface area contributed by atoms with Crippen molar-refractivity contribution in [3.05, 3.63) is 14.7 Å². The van der Waals surface area contributed by atoms with Gasteiger partial charge in [-0.25, -0.2) is 17.9 Å². The van der Waals surface area contributed by atoms with Gasteiger partial charge >= 0.3 is 5.97 Å². The van der Waals surface area contributed by atoms with Crippen molar-refractivity contribution in [3.8, 4) is 0 Å². The molecule has 1 aromatic rings. The Labute approximate surface area is 136 Å². The number of carbonyl (C=O) groups is 1. The Hall–Kier alpha value is -0.440. The normalized spacial score (nSPS) is 18.6. The van der Waals surface area contributed by atoms with Crippen LogP contribution in [0.5, 0.6) is 0 Å². The van der Waals surface area contributed by atoms with Crippen LogP contribution in [0.25, 0.3) is 0 Å². The maximum atomic E-state index is 12.4. The average Bonchev–Trinajstić information content (AvgIpc) is 2.82. The van der Waals surface area contributed by atoms with Gasteiger partial charge in [0.1, 0.15) is 9.77 Å². The maximum absolute atomic E-state index is 12.4. The number of rotatable bonds is 5.